The Morgan fingerprint density at radius 3 is 2.79 bits per heavy atom. The number of hydrogen-bond acceptors (Lipinski definition) is 4. The van der Waals surface area contributed by atoms with Crippen molar-refractivity contribution in [2.24, 2.45) is 0 Å². The number of anilines is 2. The maximum atomic E-state index is 11.7. The Bertz CT molecular complexity index is 470. The molecular weight excluding hydrogens is 242 g/mol. The molecule has 1 aromatic rings. The molecule has 1 fully saturated rings. The SMILES string of the molecule is CCNC(=O)c1ccc(N)c(NCC2(O)CCC2)c1. The third-order valence-corrected chi connectivity index (χ3v) is 3.54. The van der Waals surface area contributed by atoms with Gasteiger partial charge in [-0.3, -0.25) is 4.79 Å². The summed E-state index contributed by atoms with van der Waals surface area (Å²) >= 11 is 0. The Morgan fingerprint density at radius 2 is 2.21 bits per heavy atom. The molecule has 1 aliphatic carbocycles. The van der Waals surface area contributed by atoms with Crippen molar-refractivity contribution in [1.29, 1.82) is 0 Å². The summed E-state index contributed by atoms with van der Waals surface area (Å²) in [7, 11) is 0. The van der Waals surface area contributed by atoms with E-state index in [9.17, 15) is 9.90 Å². The average molecular weight is 263 g/mol. The summed E-state index contributed by atoms with van der Waals surface area (Å²) in [5.74, 6) is -0.118. The van der Waals surface area contributed by atoms with Crippen LogP contribution in [0.2, 0.25) is 0 Å². The Balaban J connectivity index is 2.06. The molecule has 5 nitrogen and oxygen atoms in total. The fourth-order valence-corrected chi connectivity index (χ4v) is 2.13. The molecule has 5 heteroatoms. The van der Waals surface area contributed by atoms with Crippen molar-refractivity contribution in [3.63, 3.8) is 0 Å². The Morgan fingerprint density at radius 1 is 1.47 bits per heavy atom. The molecule has 2 rings (SSSR count). The summed E-state index contributed by atoms with van der Waals surface area (Å²) in [4.78, 5) is 11.7. The fourth-order valence-electron chi connectivity index (χ4n) is 2.13. The van der Waals surface area contributed by atoms with E-state index in [-0.39, 0.29) is 5.91 Å². The van der Waals surface area contributed by atoms with Gasteiger partial charge in [0.2, 0.25) is 0 Å². The van der Waals surface area contributed by atoms with Gasteiger partial charge in [0.15, 0.2) is 0 Å². The molecule has 1 aliphatic rings. The van der Waals surface area contributed by atoms with Crippen LogP contribution in [0.15, 0.2) is 18.2 Å². The van der Waals surface area contributed by atoms with Crippen LogP contribution in [0.5, 0.6) is 0 Å². The standard InChI is InChI=1S/C14H21N3O2/c1-2-16-13(18)10-4-5-11(15)12(8-10)17-9-14(19)6-3-7-14/h4-5,8,17,19H,2-3,6-7,9,15H2,1H3,(H,16,18). The van der Waals surface area contributed by atoms with E-state index < -0.39 is 5.60 Å². The van der Waals surface area contributed by atoms with E-state index in [0.29, 0.717) is 30.0 Å². The van der Waals surface area contributed by atoms with Crippen LogP contribution in [0.4, 0.5) is 11.4 Å². The molecule has 5 N–H and O–H groups in total. The highest BCUT2D eigenvalue weighted by molar-refractivity contribution is 5.96. The van der Waals surface area contributed by atoms with Gasteiger partial charge in [-0.05, 0) is 44.4 Å². The molecule has 104 valence electrons. The Hall–Kier alpha value is -1.75. The lowest BCUT2D eigenvalue weighted by molar-refractivity contribution is -0.0201. The zero-order valence-electron chi connectivity index (χ0n) is 11.2. The second-order valence-corrected chi connectivity index (χ2v) is 5.09. The number of aliphatic hydroxyl groups is 1. The molecule has 0 radical (unpaired) electrons. The molecule has 1 saturated carbocycles. The third kappa shape index (κ3) is 3.17. The van der Waals surface area contributed by atoms with Crippen LogP contribution in [0.3, 0.4) is 0 Å². The second-order valence-electron chi connectivity index (χ2n) is 5.09. The van der Waals surface area contributed by atoms with E-state index in [1.54, 1.807) is 18.2 Å². The van der Waals surface area contributed by atoms with E-state index in [1.807, 2.05) is 6.92 Å². The van der Waals surface area contributed by atoms with Gasteiger partial charge in [-0.1, -0.05) is 0 Å². The van der Waals surface area contributed by atoms with E-state index in [0.717, 1.165) is 19.3 Å². The van der Waals surface area contributed by atoms with Crippen LogP contribution in [0.25, 0.3) is 0 Å². The first-order chi connectivity index (χ1) is 9.04. The highest BCUT2D eigenvalue weighted by atomic mass is 16.3. The first-order valence-corrected chi connectivity index (χ1v) is 6.68. The van der Waals surface area contributed by atoms with E-state index in [4.69, 9.17) is 5.73 Å². The summed E-state index contributed by atoms with van der Waals surface area (Å²) in [6, 6.07) is 5.13. The van der Waals surface area contributed by atoms with E-state index in [2.05, 4.69) is 10.6 Å². The van der Waals surface area contributed by atoms with Crippen LogP contribution in [0, 0.1) is 0 Å². The molecule has 1 aromatic carbocycles. The number of nitrogen functional groups attached to an aromatic ring is 1. The molecule has 0 aliphatic heterocycles. The van der Waals surface area contributed by atoms with Gasteiger partial charge in [0, 0.05) is 18.7 Å². The predicted octanol–water partition coefficient (Wildman–Crippen LogP) is 1.35. The zero-order valence-corrected chi connectivity index (χ0v) is 11.2. The van der Waals surface area contributed by atoms with Gasteiger partial charge in [0.1, 0.15) is 0 Å². The van der Waals surface area contributed by atoms with Crippen LogP contribution < -0.4 is 16.4 Å². The van der Waals surface area contributed by atoms with Gasteiger partial charge in [-0.2, -0.15) is 0 Å². The van der Waals surface area contributed by atoms with Crippen LogP contribution >= 0.6 is 0 Å². The highest BCUT2D eigenvalue weighted by Crippen LogP contribution is 2.32. The van der Waals surface area contributed by atoms with Crippen molar-refractivity contribution in [3.05, 3.63) is 23.8 Å². The number of hydrogen-bond donors (Lipinski definition) is 4. The number of amides is 1. The predicted molar refractivity (Wildman–Crippen MR) is 76.2 cm³/mol. The summed E-state index contributed by atoms with van der Waals surface area (Å²) in [5, 5.41) is 15.9. The van der Waals surface area contributed by atoms with Gasteiger partial charge >= 0.3 is 0 Å². The minimum Gasteiger partial charge on any atom is -0.397 e. The smallest absolute Gasteiger partial charge is 0.251 e. The molecule has 0 aromatic heterocycles. The largest absolute Gasteiger partial charge is 0.397 e. The van der Waals surface area contributed by atoms with Gasteiger partial charge < -0.3 is 21.5 Å². The molecule has 0 saturated heterocycles. The Labute approximate surface area is 113 Å². The topological polar surface area (TPSA) is 87.4 Å². The number of nitrogens with one attached hydrogen (secondary N) is 2. The minimum atomic E-state index is -0.617. The molecule has 0 heterocycles. The number of carbonyl (C=O) groups is 1. The normalized spacial score (nSPS) is 16.5. The molecular formula is C14H21N3O2. The summed E-state index contributed by atoms with van der Waals surface area (Å²) in [6.07, 6.45) is 2.69. The number of benzene rings is 1. The minimum absolute atomic E-state index is 0.118. The van der Waals surface area contributed by atoms with Gasteiger partial charge in [0.25, 0.3) is 5.91 Å². The number of carbonyl (C=O) groups excluding carboxylic acids is 1. The average Bonchev–Trinajstić information content (AvgIpc) is 2.36. The number of nitrogens with two attached hydrogens (primary N) is 1. The van der Waals surface area contributed by atoms with Gasteiger partial charge in [-0.25, -0.2) is 0 Å². The van der Waals surface area contributed by atoms with Crippen molar-refractivity contribution < 1.29 is 9.90 Å². The monoisotopic (exact) mass is 263 g/mol. The summed E-state index contributed by atoms with van der Waals surface area (Å²) < 4.78 is 0. The first-order valence-electron chi connectivity index (χ1n) is 6.68. The van der Waals surface area contributed by atoms with Crippen molar-refractivity contribution in [2.45, 2.75) is 31.8 Å². The highest BCUT2D eigenvalue weighted by Gasteiger charge is 2.34. The van der Waals surface area contributed by atoms with Crippen LogP contribution in [-0.4, -0.2) is 29.7 Å². The van der Waals surface area contributed by atoms with E-state index in [1.165, 1.54) is 0 Å². The lowest BCUT2D eigenvalue weighted by Gasteiger charge is -2.37. The lowest BCUT2D eigenvalue weighted by Crippen LogP contribution is -2.43. The Kier molecular flexibility index (Phi) is 3.95. The van der Waals surface area contributed by atoms with Crippen molar-refractivity contribution in [3.8, 4) is 0 Å². The maximum absolute atomic E-state index is 11.7. The second kappa shape index (κ2) is 5.48. The van der Waals surface area contributed by atoms with E-state index >= 15 is 0 Å². The van der Waals surface area contributed by atoms with Gasteiger partial charge in [-0.15, -0.1) is 0 Å². The first kappa shape index (κ1) is 13.7. The fraction of sp³-hybridized carbons (Fsp3) is 0.500. The number of rotatable bonds is 5. The maximum Gasteiger partial charge on any atom is 0.251 e. The van der Waals surface area contributed by atoms with Gasteiger partial charge in [0.05, 0.1) is 17.0 Å². The quantitative estimate of drug-likeness (QED) is 0.604. The zero-order chi connectivity index (χ0) is 13.9. The van der Waals surface area contributed by atoms with Crippen molar-refractivity contribution in [2.75, 3.05) is 24.1 Å². The molecule has 0 spiro atoms. The van der Waals surface area contributed by atoms with Crippen molar-refractivity contribution >= 4 is 17.3 Å². The lowest BCUT2D eigenvalue weighted by atomic mass is 9.80. The molecule has 0 unspecified atom stereocenters. The van der Waals surface area contributed by atoms with Crippen LogP contribution in [0.1, 0.15) is 36.5 Å². The van der Waals surface area contributed by atoms with Crippen molar-refractivity contribution in [1.82, 2.24) is 5.32 Å². The summed E-state index contributed by atoms with van der Waals surface area (Å²) in [6.45, 7) is 2.93. The molecule has 0 atom stereocenters. The molecule has 1 amide bonds. The van der Waals surface area contributed by atoms with Crippen LogP contribution in [-0.2, 0) is 0 Å². The third-order valence-electron chi connectivity index (χ3n) is 3.54. The molecule has 0 bridgehead atoms. The summed E-state index contributed by atoms with van der Waals surface area (Å²) in [5.41, 5.74) is 7.11. The molecule has 19 heavy (non-hydrogen) atoms.